The number of thiophene rings is 1. The summed E-state index contributed by atoms with van der Waals surface area (Å²) >= 11 is 1.78. The Balaban J connectivity index is 1.33. The van der Waals surface area contributed by atoms with E-state index >= 15 is 0 Å². The standard InChI is InChI=1S/C19H25N3OS/c23-19(8-3-5-17-6-4-14-24-17)22-12-9-16(10-13-22)15-21-18-7-1-2-11-20-18/h1-2,4,6-7,11,14,16H,3,5,8-10,12-13,15H2,(H,20,21). The normalized spacial score (nSPS) is 15.4. The van der Waals surface area contributed by atoms with Crippen LogP contribution in [0, 0.1) is 5.92 Å². The number of aromatic nitrogens is 1. The molecule has 1 fully saturated rings. The average molecular weight is 343 g/mol. The van der Waals surface area contributed by atoms with Crippen LogP contribution in [0.5, 0.6) is 0 Å². The molecule has 0 spiro atoms. The molecular weight excluding hydrogens is 318 g/mol. The number of hydrogen-bond acceptors (Lipinski definition) is 4. The number of hydrogen-bond donors (Lipinski definition) is 1. The number of nitrogens with zero attached hydrogens (tertiary/aromatic N) is 2. The molecular formula is C19H25N3OS. The fourth-order valence-corrected chi connectivity index (χ4v) is 3.88. The Morgan fingerprint density at radius 1 is 1.25 bits per heavy atom. The van der Waals surface area contributed by atoms with E-state index in [4.69, 9.17) is 0 Å². The van der Waals surface area contributed by atoms with Crippen LogP contribution in [0.2, 0.25) is 0 Å². The molecule has 0 aromatic carbocycles. The van der Waals surface area contributed by atoms with Gasteiger partial charge in [0.15, 0.2) is 0 Å². The van der Waals surface area contributed by atoms with Gasteiger partial charge in [-0.15, -0.1) is 11.3 Å². The Kier molecular flexibility index (Phi) is 6.24. The SMILES string of the molecule is O=C(CCCc1cccs1)N1CCC(CNc2ccccn2)CC1. The Morgan fingerprint density at radius 3 is 2.83 bits per heavy atom. The molecule has 0 aliphatic carbocycles. The third-order valence-corrected chi connectivity index (χ3v) is 5.53. The molecule has 1 N–H and O–H groups in total. The smallest absolute Gasteiger partial charge is 0.222 e. The molecule has 0 atom stereocenters. The van der Waals surface area contributed by atoms with E-state index in [1.54, 1.807) is 17.5 Å². The predicted molar refractivity (Wildman–Crippen MR) is 99.3 cm³/mol. The van der Waals surface area contributed by atoms with Gasteiger partial charge in [-0.25, -0.2) is 4.98 Å². The lowest BCUT2D eigenvalue weighted by molar-refractivity contribution is -0.132. The lowest BCUT2D eigenvalue weighted by Gasteiger charge is -2.32. The van der Waals surface area contributed by atoms with Gasteiger partial charge < -0.3 is 10.2 Å². The molecule has 128 valence electrons. The summed E-state index contributed by atoms with van der Waals surface area (Å²) in [6, 6.07) is 10.1. The zero-order valence-corrected chi connectivity index (χ0v) is 14.8. The van der Waals surface area contributed by atoms with E-state index in [1.165, 1.54) is 4.88 Å². The van der Waals surface area contributed by atoms with Crippen molar-refractivity contribution >= 4 is 23.1 Å². The van der Waals surface area contributed by atoms with Gasteiger partial charge in [0.1, 0.15) is 5.82 Å². The maximum atomic E-state index is 12.3. The molecule has 0 radical (unpaired) electrons. The van der Waals surface area contributed by atoms with Crippen LogP contribution in [0.3, 0.4) is 0 Å². The first kappa shape index (κ1) is 17.0. The molecule has 0 unspecified atom stereocenters. The third-order valence-electron chi connectivity index (χ3n) is 4.60. The van der Waals surface area contributed by atoms with Gasteiger partial charge in [0, 0.05) is 37.1 Å². The monoisotopic (exact) mass is 343 g/mol. The Hall–Kier alpha value is -1.88. The highest BCUT2D eigenvalue weighted by Gasteiger charge is 2.22. The maximum absolute atomic E-state index is 12.3. The first-order valence-electron chi connectivity index (χ1n) is 8.76. The van der Waals surface area contributed by atoms with Gasteiger partial charge in [0.25, 0.3) is 0 Å². The van der Waals surface area contributed by atoms with Gasteiger partial charge in [-0.1, -0.05) is 12.1 Å². The van der Waals surface area contributed by atoms with E-state index in [1.807, 2.05) is 23.1 Å². The molecule has 5 heteroatoms. The van der Waals surface area contributed by atoms with E-state index in [0.717, 1.165) is 51.1 Å². The van der Waals surface area contributed by atoms with Crippen LogP contribution < -0.4 is 5.32 Å². The molecule has 1 saturated heterocycles. The lowest BCUT2D eigenvalue weighted by atomic mass is 9.96. The van der Waals surface area contributed by atoms with Gasteiger partial charge >= 0.3 is 0 Å². The van der Waals surface area contributed by atoms with Crippen LogP contribution in [0.1, 0.15) is 30.6 Å². The van der Waals surface area contributed by atoms with Crippen molar-refractivity contribution in [2.45, 2.75) is 32.1 Å². The van der Waals surface area contributed by atoms with Crippen molar-refractivity contribution < 1.29 is 4.79 Å². The highest BCUT2D eigenvalue weighted by molar-refractivity contribution is 7.09. The number of carbonyl (C=O) groups excluding carboxylic acids is 1. The van der Waals surface area contributed by atoms with E-state index in [0.29, 0.717) is 18.2 Å². The van der Waals surface area contributed by atoms with Gasteiger partial charge in [0.05, 0.1) is 0 Å². The summed E-state index contributed by atoms with van der Waals surface area (Å²) in [4.78, 5) is 20.0. The number of piperidine rings is 1. The first-order valence-corrected chi connectivity index (χ1v) is 9.64. The minimum Gasteiger partial charge on any atom is -0.370 e. The van der Waals surface area contributed by atoms with Crippen LogP contribution in [-0.4, -0.2) is 35.4 Å². The molecule has 1 aliphatic rings. The number of pyridine rings is 1. The Labute approximate surface area is 147 Å². The van der Waals surface area contributed by atoms with E-state index in [-0.39, 0.29) is 0 Å². The molecule has 2 aromatic rings. The summed E-state index contributed by atoms with van der Waals surface area (Å²) in [6.07, 6.45) is 6.62. The van der Waals surface area contributed by atoms with Crippen molar-refractivity contribution in [3.8, 4) is 0 Å². The number of likely N-dealkylation sites (tertiary alicyclic amines) is 1. The second kappa shape index (κ2) is 8.83. The van der Waals surface area contributed by atoms with Gasteiger partial charge in [0.2, 0.25) is 5.91 Å². The van der Waals surface area contributed by atoms with Crippen LogP contribution in [0.4, 0.5) is 5.82 Å². The van der Waals surface area contributed by atoms with Crippen molar-refractivity contribution in [2.24, 2.45) is 5.92 Å². The van der Waals surface area contributed by atoms with Crippen molar-refractivity contribution in [3.63, 3.8) is 0 Å². The lowest BCUT2D eigenvalue weighted by Crippen LogP contribution is -2.39. The zero-order chi connectivity index (χ0) is 16.6. The molecule has 1 amide bonds. The average Bonchev–Trinajstić information content (AvgIpc) is 3.15. The summed E-state index contributed by atoms with van der Waals surface area (Å²) in [5, 5.41) is 5.49. The summed E-state index contributed by atoms with van der Waals surface area (Å²) in [7, 11) is 0. The minimum absolute atomic E-state index is 0.322. The van der Waals surface area contributed by atoms with E-state index in [2.05, 4.69) is 27.8 Å². The quantitative estimate of drug-likeness (QED) is 0.831. The first-order chi connectivity index (χ1) is 11.8. The second-order valence-electron chi connectivity index (χ2n) is 6.35. The topological polar surface area (TPSA) is 45.2 Å². The molecule has 24 heavy (non-hydrogen) atoms. The van der Waals surface area contributed by atoms with Crippen LogP contribution >= 0.6 is 11.3 Å². The maximum Gasteiger partial charge on any atom is 0.222 e. The van der Waals surface area contributed by atoms with Crippen molar-refractivity contribution in [1.29, 1.82) is 0 Å². The fraction of sp³-hybridized carbons (Fsp3) is 0.474. The fourth-order valence-electron chi connectivity index (χ4n) is 3.13. The van der Waals surface area contributed by atoms with Crippen LogP contribution in [-0.2, 0) is 11.2 Å². The number of nitrogens with one attached hydrogen (secondary N) is 1. The molecule has 0 bridgehead atoms. The van der Waals surface area contributed by atoms with E-state index < -0.39 is 0 Å². The molecule has 2 aromatic heterocycles. The Bertz CT molecular complexity index is 607. The molecule has 0 saturated carbocycles. The molecule has 4 nitrogen and oxygen atoms in total. The van der Waals surface area contributed by atoms with Crippen LogP contribution in [0.25, 0.3) is 0 Å². The number of carbonyl (C=O) groups is 1. The number of anilines is 1. The van der Waals surface area contributed by atoms with Gasteiger partial charge in [-0.3, -0.25) is 4.79 Å². The molecule has 3 rings (SSSR count). The van der Waals surface area contributed by atoms with Crippen molar-refractivity contribution in [2.75, 3.05) is 25.0 Å². The zero-order valence-electron chi connectivity index (χ0n) is 14.0. The highest BCUT2D eigenvalue weighted by Crippen LogP contribution is 2.19. The number of rotatable bonds is 7. The number of aryl methyl sites for hydroxylation is 1. The number of amides is 1. The Morgan fingerprint density at radius 2 is 2.12 bits per heavy atom. The summed E-state index contributed by atoms with van der Waals surface area (Å²) in [5.74, 6) is 1.88. The van der Waals surface area contributed by atoms with E-state index in [9.17, 15) is 4.79 Å². The van der Waals surface area contributed by atoms with Gasteiger partial charge in [-0.05, 0) is 55.2 Å². The summed E-state index contributed by atoms with van der Waals surface area (Å²) in [6.45, 7) is 2.73. The van der Waals surface area contributed by atoms with Crippen molar-refractivity contribution in [1.82, 2.24) is 9.88 Å². The molecule has 1 aliphatic heterocycles. The highest BCUT2D eigenvalue weighted by atomic mass is 32.1. The van der Waals surface area contributed by atoms with Gasteiger partial charge in [-0.2, -0.15) is 0 Å². The summed E-state index contributed by atoms with van der Waals surface area (Å²) in [5.41, 5.74) is 0. The van der Waals surface area contributed by atoms with Crippen molar-refractivity contribution in [3.05, 3.63) is 46.8 Å². The molecule has 3 heterocycles. The second-order valence-corrected chi connectivity index (χ2v) is 7.39. The predicted octanol–water partition coefficient (Wildman–Crippen LogP) is 3.82. The summed E-state index contributed by atoms with van der Waals surface area (Å²) < 4.78 is 0. The largest absolute Gasteiger partial charge is 0.370 e. The minimum atomic E-state index is 0.322. The van der Waals surface area contributed by atoms with Crippen LogP contribution in [0.15, 0.2) is 41.9 Å². The third kappa shape index (κ3) is 5.06.